The number of ketones is 1. The number of benzene rings is 2. The lowest BCUT2D eigenvalue weighted by Crippen LogP contribution is -1.99. The van der Waals surface area contributed by atoms with E-state index in [1.807, 2.05) is 60.7 Å². The van der Waals surface area contributed by atoms with E-state index in [0.29, 0.717) is 0 Å². The highest BCUT2D eigenvalue weighted by Gasteiger charge is 2.06. The van der Waals surface area contributed by atoms with Crippen LogP contribution in [0.15, 0.2) is 60.7 Å². The van der Waals surface area contributed by atoms with Crippen molar-refractivity contribution >= 4 is 18.1 Å². The third-order valence-corrected chi connectivity index (χ3v) is 2.07. The number of hydrogen-bond acceptors (Lipinski definition) is 3. The molecule has 7 heteroatoms. The second-order valence-electron chi connectivity index (χ2n) is 3.63. The van der Waals surface area contributed by atoms with Gasteiger partial charge in [0, 0.05) is 11.1 Å². The standard InChI is InChI=1S/C13H10O.2CH2O3/c14-13(11-7-3-1-4-8-11)12-9-5-2-6-10-12;2*2-1(3)4/h1-10H;2*(H2,2,3,4). The zero-order valence-electron chi connectivity index (χ0n) is 11.3. The Bertz CT molecular complexity index is 532. The fraction of sp³-hybridized carbons (Fsp3) is 0. The number of carboxylic acid groups (broad SMARTS) is 4. The molecule has 7 nitrogen and oxygen atoms in total. The summed E-state index contributed by atoms with van der Waals surface area (Å²) in [5.41, 5.74) is 1.47. The average Bonchev–Trinajstić information content (AvgIpc) is 2.47. The van der Waals surface area contributed by atoms with Gasteiger partial charge in [-0.15, -0.1) is 0 Å². The van der Waals surface area contributed by atoms with Gasteiger partial charge in [0.05, 0.1) is 0 Å². The van der Waals surface area contributed by atoms with Crippen molar-refractivity contribution < 1.29 is 34.8 Å². The summed E-state index contributed by atoms with van der Waals surface area (Å²) in [6.45, 7) is 0. The molecule has 0 aromatic heterocycles. The summed E-state index contributed by atoms with van der Waals surface area (Å²) < 4.78 is 0. The normalized spacial score (nSPS) is 8.36. The molecule has 4 N–H and O–H groups in total. The Balaban J connectivity index is 0.000000464. The predicted octanol–water partition coefficient (Wildman–Crippen LogP) is 3.36. The van der Waals surface area contributed by atoms with Gasteiger partial charge >= 0.3 is 12.3 Å². The van der Waals surface area contributed by atoms with Gasteiger partial charge in [-0.2, -0.15) is 0 Å². The Morgan fingerprint density at radius 3 is 1.00 bits per heavy atom. The molecule has 0 atom stereocenters. The van der Waals surface area contributed by atoms with Gasteiger partial charge in [0.1, 0.15) is 0 Å². The first kappa shape index (κ1) is 18.6. The van der Waals surface area contributed by atoms with E-state index in [2.05, 4.69) is 0 Å². The lowest BCUT2D eigenvalue weighted by Gasteiger charge is -1.99. The van der Waals surface area contributed by atoms with Crippen LogP contribution in [0.4, 0.5) is 9.59 Å². The van der Waals surface area contributed by atoms with E-state index in [4.69, 9.17) is 30.0 Å². The summed E-state index contributed by atoms with van der Waals surface area (Å²) in [4.78, 5) is 29.0. The highest BCUT2D eigenvalue weighted by atomic mass is 16.6. The van der Waals surface area contributed by atoms with Gasteiger partial charge in [0.2, 0.25) is 0 Å². The maximum Gasteiger partial charge on any atom is 0.503 e. The summed E-state index contributed by atoms with van der Waals surface area (Å²) in [6.07, 6.45) is -3.67. The van der Waals surface area contributed by atoms with Crippen LogP contribution in [0, 0.1) is 0 Å². The van der Waals surface area contributed by atoms with Crippen LogP contribution in [-0.4, -0.2) is 38.5 Å². The largest absolute Gasteiger partial charge is 0.503 e. The van der Waals surface area contributed by atoms with Crippen molar-refractivity contribution in [1.29, 1.82) is 0 Å². The Hall–Kier alpha value is -3.35. The molecule has 22 heavy (non-hydrogen) atoms. The molecule has 2 aromatic carbocycles. The Kier molecular flexibility index (Phi) is 8.85. The third-order valence-electron chi connectivity index (χ3n) is 2.07. The first-order valence-corrected chi connectivity index (χ1v) is 5.83. The molecule has 0 unspecified atom stereocenters. The first-order valence-electron chi connectivity index (χ1n) is 5.83. The van der Waals surface area contributed by atoms with Crippen molar-refractivity contribution in [3.8, 4) is 0 Å². The van der Waals surface area contributed by atoms with Crippen molar-refractivity contribution in [3.05, 3.63) is 71.8 Å². The lowest BCUT2D eigenvalue weighted by molar-refractivity contribution is 0.103. The summed E-state index contributed by atoms with van der Waals surface area (Å²) in [7, 11) is 0. The predicted molar refractivity (Wildman–Crippen MR) is 77.6 cm³/mol. The molecule has 2 rings (SSSR count). The van der Waals surface area contributed by atoms with Crippen LogP contribution in [0.2, 0.25) is 0 Å². The molecule has 0 aliphatic rings. The van der Waals surface area contributed by atoms with E-state index in [1.165, 1.54) is 0 Å². The van der Waals surface area contributed by atoms with Crippen molar-refractivity contribution in [2.75, 3.05) is 0 Å². The maximum atomic E-state index is 11.8. The second kappa shape index (κ2) is 10.4. The maximum absolute atomic E-state index is 11.8. The van der Waals surface area contributed by atoms with Gasteiger partial charge in [-0.25, -0.2) is 9.59 Å². The minimum Gasteiger partial charge on any atom is -0.450 e. The molecule has 0 heterocycles. The minimum atomic E-state index is -1.83. The number of carbonyl (C=O) groups excluding carboxylic acids is 1. The van der Waals surface area contributed by atoms with Crippen LogP contribution in [-0.2, 0) is 0 Å². The van der Waals surface area contributed by atoms with E-state index in [0.717, 1.165) is 11.1 Å². The third kappa shape index (κ3) is 9.56. The number of hydrogen-bond donors (Lipinski definition) is 4. The molecule has 0 radical (unpaired) electrons. The van der Waals surface area contributed by atoms with E-state index in [1.54, 1.807) is 0 Å². The number of carbonyl (C=O) groups is 3. The minimum absolute atomic E-state index is 0.0752. The molecule has 0 saturated heterocycles. The van der Waals surface area contributed by atoms with Crippen molar-refractivity contribution in [2.24, 2.45) is 0 Å². The quantitative estimate of drug-likeness (QED) is 0.625. The SMILES string of the molecule is O=C(O)O.O=C(O)O.O=C(c1ccccc1)c1ccccc1. The van der Waals surface area contributed by atoms with Gasteiger partial charge in [-0.1, -0.05) is 60.7 Å². The molecular weight excluding hydrogens is 292 g/mol. The van der Waals surface area contributed by atoms with Crippen LogP contribution >= 0.6 is 0 Å². The van der Waals surface area contributed by atoms with E-state index in [-0.39, 0.29) is 5.78 Å². The van der Waals surface area contributed by atoms with Gasteiger partial charge < -0.3 is 20.4 Å². The van der Waals surface area contributed by atoms with Crippen molar-refractivity contribution in [3.63, 3.8) is 0 Å². The number of rotatable bonds is 2. The topological polar surface area (TPSA) is 132 Å². The van der Waals surface area contributed by atoms with Crippen molar-refractivity contribution in [2.45, 2.75) is 0 Å². The van der Waals surface area contributed by atoms with Gasteiger partial charge in [-0.3, -0.25) is 4.79 Å². The lowest BCUT2D eigenvalue weighted by atomic mass is 10.0. The Morgan fingerprint density at radius 2 is 0.773 bits per heavy atom. The fourth-order valence-corrected chi connectivity index (χ4v) is 1.35. The highest BCUT2D eigenvalue weighted by molar-refractivity contribution is 6.08. The zero-order chi connectivity index (χ0) is 17.0. The van der Waals surface area contributed by atoms with E-state index < -0.39 is 12.3 Å². The smallest absolute Gasteiger partial charge is 0.450 e. The zero-order valence-corrected chi connectivity index (χ0v) is 11.3. The van der Waals surface area contributed by atoms with Gasteiger partial charge in [0.15, 0.2) is 5.78 Å². The molecule has 0 bridgehead atoms. The molecular formula is C15H14O7. The first-order chi connectivity index (χ1) is 10.3. The van der Waals surface area contributed by atoms with Crippen LogP contribution in [0.5, 0.6) is 0 Å². The van der Waals surface area contributed by atoms with Gasteiger partial charge in [-0.05, 0) is 0 Å². The molecule has 116 valence electrons. The molecule has 2 aromatic rings. The highest BCUT2D eigenvalue weighted by Crippen LogP contribution is 2.08. The molecule has 0 saturated carbocycles. The fourth-order valence-electron chi connectivity index (χ4n) is 1.35. The molecule has 0 fully saturated rings. The van der Waals surface area contributed by atoms with Crippen molar-refractivity contribution in [1.82, 2.24) is 0 Å². The van der Waals surface area contributed by atoms with Crippen LogP contribution in [0.1, 0.15) is 15.9 Å². The summed E-state index contributed by atoms with van der Waals surface area (Å²) in [5.74, 6) is 0.0752. The second-order valence-corrected chi connectivity index (χ2v) is 3.63. The molecule has 0 spiro atoms. The molecule has 0 aliphatic carbocycles. The molecule has 0 aliphatic heterocycles. The summed E-state index contributed by atoms with van der Waals surface area (Å²) in [6, 6.07) is 18.6. The van der Waals surface area contributed by atoms with Crippen LogP contribution in [0.3, 0.4) is 0 Å². The van der Waals surface area contributed by atoms with Crippen LogP contribution < -0.4 is 0 Å². The summed E-state index contributed by atoms with van der Waals surface area (Å²) in [5, 5.41) is 27.9. The van der Waals surface area contributed by atoms with E-state index in [9.17, 15) is 4.79 Å². The Labute approximate surface area is 125 Å². The van der Waals surface area contributed by atoms with Gasteiger partial charge in [0.25, 0.3) is 0 Å². The average molecular weight is 306 g/mol. The van der Waals surface area contributed by atoms with E-state index >= 15 is 0 Å². The van der Waals surface area contributed by atoms with Crippen LogP contribution in [0.25, 0.3) is 0 Å². The monoisotopic (exact) mass is 306 g/mol. The summed E-state index contributed by atoms with van der Waals surface area (Å²) >= 11 is 0. The molecule has 0 amide bonds. The Morgan fingerprint density at radius 1 is 0.545 bits per heavy atom.